The minimum atomic E-state index is 0.909. The molecule has 0 fully saturated rings. The largest absolute Gasteiger partial charge is 0.456 e. The van der Waals surface area contributed by atoms with Crippen molar-refractivity contribution in [1.29, 1.82) is 0 Å². The molecule has 0 N–H and O–H groups in total. The van der Waals surface area contributed by atoms with Crippen molar-refractivity contribution in [1.82, 2.24) is 0 Å². The molecule has 0 saturated heterocycles. The lowest BCUT2D eigenvalue weighted by molar-refractivity contribution is 0.669. The first-order valence-corrected chi connectivity index (χ1v) is 19.1. The Hall–Kier alpha value is -6.20. The van der Waals surface area contributed by atoms with Crippen molar-refractivity contribution < 1.29 is 4.42 Å². The summed E-state index contributed by atoms with van der Waals surface area (Å²) in [6, 6.07) is 63.7. The highest BCUT2D eigenvalue weighted by Crippen LogP contribution is 2.46. The molecule has 0 spiro atoms. The number of anilines is 3. The number of rotatable bonds is 5. The van der Waals surface area contributed by atoms with E-state index in [2.05, 4.69) is 169 Å². The third-order valence-corrected chi connectivity index (χ3v) is 12.6. The molecule has 0 radical (unpaired) electrons. The topological polar surface area (TPSA) is 16.4 Å². The van der Waals surface area contributed by atoms with E-state index in [0.717, 1.165) is 38.9 Å². The highest BCUT2D eigenvalue weighted by Gasteiger charge is 2.20. The van der Waals surface area contributed by atoms with Crippen LogP contribution in [0.2, 0.25) is 0 Å². The van der Waals surface area contributed by atoms with E-state index in [1.54, 1.807) is 0 Å². The summed E-state index contributed by atoms with van der Waals surface area (Å²) in [5.41, 5.74) is 10.0. The van der Waals surface area contributed by atoms with Crippen LogP contribution in [-0.4, -0.2) is 0 Å². The van der Waals surface area contributed by atoms with Crippen molar-refractivity contribution >= 4 is 102 Å². The summed E-state index contributed by atoms with van der Waals surface area (Å²) in [5.74, 6) is 0. The van der Waals surface area contributed by atoms with Crippen LogP contribution in [0.1, 0.15) is 0 Å². The van der Waals surface area contributed by atoms with Gasteiger partial charge in [-0.1, -0.05) is 109 Å². The standard InChI is InChI=1S/C48H29NOS2/c1-4-16-40-36(10-1)46-34(13-7-17-41(46)50-40)30-22-26-32(27-23-30)49(39-15-9-21-45-48(39)38-12-3-6-19-43(38)52-45)33-28-24-31(25-29-33)35-14-8-20-44-47(35)37-11-2-5-18-42(37)51-44/h1-29H. The predicted octanol–water partition coefficient (Wildman–Crippen LogP) is 15.1. The zero-order valence-corrected chi connectivity index (χ0v) is 29.5. The van der Waals surface area contributed by atoms with Crippen LogP contribution >= 0.6 is 22.7 Å². The molecule has 0 unspecified atom stereocenters. The van der Waals surface area contributed by atoms with Crippen molar-refractivity contribution in [3.05, 3.63) is 176 Å². The van der Waals surface area contributed by atoms with E-state index in [-0.39, 0.29) is 0 Å². The average molecular weight is 700 g/mol. The number of benzene rings is 8. The summed E-state index contributed by atoms with van der Waals surface area (Å²) in [4.78, 5) is 2.42. The van der Waals surface area contributed by atoms with E-state index in [1.807, 2.05) is 34.8 Å². The molecule has 3 aromatic heterocycles. The van der Waals surface area contributed by atoms with Crippen LogP contribution < -0.4 is 4.90 Å². The minimum Gasteiger partial charge on any atom is -0.456 e. The lowest BCUT2D eigenvalue weighted by Crippen LogP contribution is -2.10. The highest BCUT2D eigenvalue weighted by molar-refractivity contribution is 7.26. The van der Waals surface area contributed by atoms with Gasteiger partial charge in [-0.25, -0.2) is 0 Å². The first-order valence-electron chi connectivity index (χ1n) is 17.5. The van der Waals surface area contributed by atoms with Crippen LogP contribution in [-0.2, 0) is 0 Å². The van der Waals surface area contributed by atoms with Crippen molar-refractivity contribution in [2.45, 2.75) is 0 Å². The van der Waals surface area contributed by atoms with Gasteiger partial charge < -0.3 is 9.32 Å². The predicted molar refractivity (Wildman–Crippen MR) is 225 cm³/mol. The second kappa shape index (κ2) is 11.7. The van der Waals surface area contributed by atoms with Gasteiger partial charge in [0.2, 0.25) is 0 Å². The lowest BCUT2D eigenvalue weighted by atomic mass is 9.98. The van der Waals surface area contributed by atoms with Crippen molar-refractivity contribution in [3.8, 4) is 22.3 Å². The van der Waals surface area contributed by atoms with E-state index in [1.165, 1.54) is 62.7 Å². The molecule has 52 heavy (non-hydrogen) atoms. The highest BCUT2D eigenvalue weighted by atomic mass is 32.1. The van der Waals surface area contributed by atoms with Crippen LogP contribution in [0.5, 0.6) is 0 Å². The fourth-order valence-corrected chi connectivity index (χ4v) is 10.2. The monoisotopic (exact) mass is 699 g/mol. The molecule has 0 aliphatic carbocycles. The Kier molecular flexibility index (Phi) is 6.63. The smallest absolute Gasteiger partial charge is 0.136 e. The molecule has 0 aliphatic heterocycles. The molecule has 4 heteroatoms. The van der Waals surface area contributed by atoms with Gasteiger partial charge in [-0.3, -0.25) is 0 Å². The number of hydrogen-bond acceptors (Lipinski definition) is 4. The number of para-hydroxylation sites is 1. The summed E-state index contributed by atoms with van der Waals surface area (Å²) < 4.78 is 11.5. The Morgan fingerprint density at radius 3 is 1.50 bits per heavy atom. The Balaban J connectivity index is 1.08. The fraction of sp³-hybridized carbons (Fsp3) is 0. The van der Waals surface area contributed by atoms with Gasteiger partial charge in [-0.05, 0) is 89.0 Å². The molecule has 2 nitrogen and oxygen atoms in total. The molecule has 8 aromatic carbocycles. The first kappa shape index (κ1) is 29.5. The van der Waals surface area contributed by atoms with Crippen LogP contribution in [0.25, 0.3) is 84.5 Å². The summed E-state index contributed by atoms with van der Waals surface area (Å²) in [6.45, 7) is 0. The van der Waals surface area contributed by atoms with E-state index in [0.29, 0.717) is 0 Å². The summed E-state index contributed by atoms with van der Waals surface area (Å²) in [6.07, 6.45) is 0. The molecule has 244 valence electrons. The minimum absolute atomic E-state index is 0.909. The normalized spacial score (nSPS) is 11.8. The molecule has 0 saturated carbocycles. The summed E-state index contributed by atoms with van der Waals surface area (Å²) in [7, 11) is 0. The van der Waals surface area contributed by atoms with Gasteiger partial charge in [0.15, 0.2) is 0 Å². The zero-order valence-electron chi connectivity index (χ0n) is 27.9. The number of nitrogens with zero attached hydrogens (tertiary/aromatic N) is 1. The summed E-state index contributed by atoms with van der Waals surface area (Å²) in [5, 5.41) is 7.51. The van der Waals surface area contributed by atoms with Gasteiger partial charge in [-0.2, -0.15) is 0 Å². The third-order valence-electron chi connectivity index (χ3n) is 10.3. The number of fused-ring (bicyclic) bond motifs is 9. The molecule has 0 atom stereocenters. The van der Waals surface area contributed by atoms with Crippen molar-refractivity contribution in [2.24, 2.45) is 0 Å². The SMILES string of the molecule is c1ccc2c(c1)oc1cccc(-c3ccc(N(c4ccc(-c5cccc6sc7ccccc7c56)cc4)c4cccc5sc6ccccc6c45)cc3)c12. The van der Waals surface area contributed by atoms with Crippen LogP contribution in [0, 0.1) is 0 Å². The Morgan fingerprint density at radius 2 is 0.827 bits per heavy atom. The molecule has 0 bridgehead atoms. The van der Waals surface area contributed by atoms with Crippen molar-refractivity contribution in [2.75, 3.05) is 4.90 Å². The van der Waals surface area contributed by atoms with Crippen LogP contribution in [0.15, 0.2) is 180 Å². The van der Waals surface area contributed by atoms with Gasteiger partial charge in [-0.15, -0.1) is 22.7 Å². The fourth-order valence-electron chi connectivity index (χ4n) is 7.98. The molecule has 11 rings (SSSR count). The lowest BCUT2D eigenvalue weighted by Gasteiger charge is -2.27. The Labute approximate surface area is 308 Å². The summed E-state index contributed by atoms with van der Waals surface area (Å²) >= 11 is 3.72. The molecule has 0 aliphatic rings. The molecule has 3 heterocycles. The zero-order chi connectivity index (χ0) is 34.2. The molecule has 0 amide bonds. The van der Waals surface area contributed by atoms with E-state index >= 15 is 0 Å². The third kappa shape index (κ3) is 4.55. The molecular weight excluding hydrogens is 671 g/mol. The Bertz CT molecular complexity index is 2970. The maximum Gasteiger partial charge on any atom is 0.136 e. The van der Waals surface area contributed by atoms with Gasteiger partial charge in [0.1, 0.15) is 11.2 Å². The molecular formula is C48H29NOS2. The van der Waals surface area contributed by atoms with E-state index in [9.17, 15) is 0 Å². The quantitative estimate of drug-likeness (QED) is 0.178. The van der Waals surface area contributed by atoms with Crippen LogP contribution in [0.3, 0.4) is 0 Å². The first-order chi connectivity index (χ1) is 25.8. The van der Waals surface area contributed by atoms with Gasteiger partial charge >= 0.3 is 0 Å². The van der Waals surface area contributed by atoms with Crippen molar-refractivity contribution in [3.63, 3.8) is 0 Å². The number of furan rings is 1. The number of hydrogen-bond donors (Lipinski definition) is 0. The average Bonchev–Trinajstić information content (AvgIpc) is 3.90. The second-order valence-electron chi connectivity index (χ2n) is 13.2. The maximum absolute atomic E-state index is 6.24. The Morgan fingerprint density at radius 1 is 0.346 bits per heavy atom. The number of thiophene rings is 2. The maximum atomic E-state index is 6.24. The van der Waals surface area contributed by atoms with Gasteiger partial charge in [0.05, 0.1) is 5.69 Å². The van der Waals surface area contributed by atoms with E-state index in [4.69, 9.17) is 4.42 Å². The van der Waals surface area contributed by atoms with Gasteiger partial charge in [0, 0.05) is 62.5 Å². The van der Waals surface area contributed by atoms with E-state index < -0.39 is 0 Å². The second-order valence-corrected chi connectivity index (χ2v) is 15.4. The van der Waals surface area contributed by atoms with Crippen LogP contribution in [0.4, 0.5) is 17.1 Å². The van der Waals surface area contributed by atoms with Gasteiger partial charge in [0.25, 0.3) is 0 Å². The molecule has 11 aromatic rings.